The summed E-state index contributed by atoms with van der Waals surface area (Å²) in [5.74, 6) is 2.33. The molecule has 3 N–H and O–H groups in total. The molecule has 0 aliphatic heterocycles. The van der Waals surface area contributed by atoms with Crippen LogP contribution in [0.1, 0.15) is 32.6 Å². The van der Waals surface area contributed by atoms with Gasteiger partial charge in [0.05, 0.1) is 18.8 Å². The summed E-state index contributed by atoms with van der Waals surface area (Å²) in [4.78, 5) is 11.4. The first-order chi connectivity index (χ1) is 7.08. The van der Waals surface area contributed by atoms with Crippen LogP contribution in [0.3, 0.4) is 0 Å². The summed E-state index contributed by atoms with van der Waals surface area (Å²) < 4.78 is 0. The number of amides is 1. The van der Waals surface area contributed by atoms with Gasteiger partial charge in [0.1, 0.15) is 0 Å². The van der Waals surface area contributed by atoms with Gasteiger partial charge in [-0.05, 0) is 19.8 Å². The molecule has 0 radical (unpaired) electrons. The normalized spacial score (nSPS) is 10.8. The molecule has 4 nitrogen and oxygen atoms in total. The van der Waals surface area contributed by atoms with Crippen LogP contribution in [0.2, 0.25) is 0 Å². The molecule has 0 aliphatic carbocycles. The minimum Gasteiger partial charge on any atom is -0.394 e. The summed E-state index contributed by atoms with van der Waals surface area (Å²) in [6.45, 7) is 1.03. The first-order valence-corrected chi connectivity index (χ1v) is 5.04. The second-order valence-electron chi connectivity index (χ2n) is 3.84. The summed E-state index contributed by atoms with van der Waals surface area (Å²) in [7, 11) is 0. The third kappa shape index (κ3) is 6.10. The maximum atomic E-state index is 11.4. The first kappa shape index (κ1) is 13.9. The van der Waals surface area contributed by atoms with Crippen molar-refractivity contribution in [2.24, 2.45) is 0 Å². The van der Waals surface area contributed by atoms with E-state index in [1.165, 1.54) is 0 Å². The molecule has 0 aromatic heterocycles. The van der Waals surface area contributed by atoms with Crippen molar-refractivity contribution in [3.63, 3.8) is 0 Å². The lowest BCUT2D eigenvalue weighted by Crippen LogP contribution is -2.51. The Hall–Kier alpha value is -1.05. The quantitative estimate of drug-likeness (QED) is 0.413. The van der Waals surface area contributed by atoms with E-state index in [-0.39, 0.29) is 19.1 Å². The van der Waals surface area contributed by atoms with Gasteiger partial charge in [-0.15, -0.1) is 12.3 Å². The molecule has 0 atom stereocenters. The molecule has 0 rings (SSSR count). The lowest BCUT2D eigenvalue weighted by molar-refractivity contribution is -0.124. The Morgan fingerprint density at radius 2 is 2.00 bits per heavy atom. The van der Waals surface area contributed by atoms with Gasteiger partial charge in [-0.1, -0.05) is 0 Å². The maximum absolute atomic E-state index is 11.4. The van der Waals surface area contributed by atoms with Crippen LogP contribution in [-0.4, -0.2) is 34.9 Å². The summed E-state index contributed by atoms with van der Waals surface area (Å²) in [6.07, 6.45) is 7.66. The Morgan fingerprint density at radius 1 is 1.40 bits per heavy atom. The number of hydrogen-bond acceptors (Lipinski definition) is 3. The summed E-state index contributed by atoms with van der Waals surface area (Å²) in [5.41, 5.74) is -0.927. The van der Waals surface area contributed by atoms with Crippen LogP contribution in [0.5, 0.6) is 0 Å². The van der Waals surface area contributed by atoms with Gasteiger partial charge in [-0.2, -0.15) is 0 Å². The fourth-order valence-electron chi connectivity index (χ4n) is 1.04. The molecule has 0 unspecified atom stereocenters. The number of unbranched alkanes of at least 4 members (excludes halogenated alkanes) is 2. The number of aliphatic hydroxyl groups is 2. The topological polar surface area (TPSA) is 69.6 Å². The number of carbonyl (C=O) groups excluding carboxylic acids is 1. The van der Waals surface area contributed by atoms with E-state index >= 15 is 0 Å². The van der Waals surface area contributed by atoms with Crippen molar-refractivity contribution in [2.45, 2.75) is 38.1 Å². The lowest BCUT2D eigenvalue weighted by Gasteiger charge is -2.26. The molecule has 0 fully saturated rings. The van der Waals surface area contributed by atoms with Crippen molar-refractivity contribution in [3.8, 4) is 12.3 Å². The van der Waals surface area contributed by atoms with Crippen LogP contribution in [0, 0.1) is 12.3 Å². The average Bonchev–Trinajstić information content (AvgIpc) is 2.24. The van der Waals surface area contributed by atoms with Crippen LogP contribution >= 0.6 is 0 Å². The number of hydrogen-bond donors (Lipinski definition) is 3. The number of rotatable bonds is 7. The van der Waals surface area contributed by atoms with Gasteiger partial charge < -0.3 is 15.5 Å². The van der Waals surface area contributed by atoms with E-state index in [0.29, 0.717) is 12.8 Å². The van der Waals surface area contributed by atoms with E-state index in [1.54, 1.807) is 6.92 Å². The van der Waals surface area contributed by atoms with Crippen LogP contribution in [0.25, 0.3) is 0 Å². The van der Waals surface area contributed by atoms with Gasteiger partial charge in [0, 0.05) is 12.8 Å². The monoisotopic (exact) mass is 213 g/mol. The van der Waals surface area contributed by atoms with E-state index in [0.717, 1.165) is 12.8 Å². The van der Waals surface area contributed by atoms with Crippen molar-refractivity contribution in [1.82, 2.24) is 5.32 Å². The highest BCUT2D eigenvalue weighted by molar-refractivity contribution is 5.76. The maximum Gasteiger partial charge on any atom is 0.220 e. The highest BCUT2D eigenvalue weighted by Crippen LogP contribution is 2.04. The van der Waals surface area contributed by atoms with E-state index in [2.05, 4.69) is 11.2 Å². The molecule has 0 aromatic carbocycles. The van der Waals surface area contributed by atoms with Crippen molar-refractivity contribution in [1.29, 1.82) is 0 Å². The highest BCUT2D eigenvalue weighted by Gasteiger charge is 2.23. The van der Waals surface area contributed by atoms with E-state index < -0.39 is 5.54 Å². The zero-order valence-corrected chi connectivity index (χ0v) is 9.12. The molecule has 15 heavy (non-hydrogen) atoms. The first-order valence-electron chi connectivity index (χ1n) is 5.04. The van der Waals surface area contributed by atoms with Crippen LogP contribution in [0.15, 0.2) is 0 Å². The van der Waals surface area contributed by atoms with Crippen molar-refractivity contribution >= 4 is 5.91 Å². The fraction of sp³-hybridized carbons (Fsp3) is 0.727. The van der Waals surface area contributed by atoms with Crippen LogP contribution in [0.4, 0.5) is 0 Å². The zero-order chi connectivity index (χ0) is 11.7. The Bertz CT molecular complexity index is 228. The molecule has 0 saturated carbocycles. The summed E-state index contributed by atoms with van der Waals surface area (Å²) in [5, 5.41) is 20.5. The van der Waals surface area contributed by atoms with Gasteiger partial charge >= 0.3 is 0 Å². The molecular formula is C11H19NO3. The van der Waals surface area contributed by atoms with Gasteiger partial charge in [-0.25, -0.2) is 0 Å². The molecule has 0 aromatic rings. The molecule has 0 bridgehead atoms. The second-order valence-corrected chi connectivity index (χ2v) is 3.84. The third-order valence-corrected chi connectivity index (χ3v) is 2.11. The van der Waals surface area contributed by atoms with Gasteiger partial charge in [0.15, 0.2) is 0 Å². The molecule has 4 heteroatoms. The van der Waals surface area contributed by atoms with Crippen molar-refractivity contribution < 1.29 is 15.0 Å². The lowest BCUT2D eigenvalue weighted by atomic mass is 10.0. The Balaban J connectivity index is 3.78. The van der Waals surface area contributed by atoms with E-state index in [9.17, 15) is 4.79 Å². The molecule has 0 heterocycles. The summed E-state index contributed by atoms with van der Waals surface area (Å²) in [6, 6.07) is 0. The van der Waals surface area contributed by atoms with Crippen LogP contribution < -0.4 is 5.32 Å². The smallest absolute Gasteiger partial charge is 0.220 e. The van der Waals surface area contributed by atoms with Crippen molar-refractivity contribution in [3.05, 3.63) is 0 Å². The molecular weight excluding hydrogens is 194 g/mol. The van der Waals surface area contributed by atoms with Crippen LogP contribution in [-0.2, 0) is 4.79 Å². The van der Waals surface area contributed by atoms with Gasteiger partial charge in [-0.3, -0.25) is 4.79 Å². The highest BCUT2D eigenvalue weighted by atomic mass is 16.3. The number of carbonyl (C=O) groups is 1. The van der Waals surface area contributed by atoms with Gasteiger partial charge in [0.2, 0.25) is 5.91 Å². The Labute approximate surface area is 90.7 Å². The molecule has 0 saturated heterocycles. The predicted molar refractivity (Wildman–Crippen MR) is 58.0 cm³/mol. The molecule has 86 valence electrons. The van der Waals surface area contributed by atoms with Gasteiger partial charge in [0.25, 0.3) is 0 Å². The third-order valence-electron chi connectivity index (χ3n) is 2.11. The molecule has 0 spiro atoms. The minimum atomic E-state index is -0.927. The average molecular weight is 213 g/mol. The largest absolute Gasteiger partial charge is 0.394 e. The Kier molecular flexibility index (Phi) is 6.76. The Morgan fingerprint density at radius 3 is 2.47 bits per heavy atom. The minimum absolute atomic E-state index is 0.169. The second kappa shape index (κ2) is 7.27. The zero-order valence-electron chi connectivity index (χ0n) is 9.12. The van der Waals surface area contributed by atoms with E-state index in [1.807, 2.05) is 0 Å². The standard InChI is InChI=1S/C11H19NO3/c1-3-4-5-6-7-10(15)12-11(2,8-13)9-14/h1,13-14H,4-9H2,2H3,(H,12,15). The number of aliphatic hydroxyl groups excluding tert-OH is 2. The number of terminal acetylenes is 1. The van der Waals surface area contributed by atoms with E-state index in [4.69, 9.17) is 16.6 Å². The number of nitrogens with one attached hydrogen (secondary N) is 1. The predicted octanol–water partition coefficient (Wildman–Crippen LogP) is 0.0395. The SMILES string of the molecule is C#CCCCCC(=O)NC(C)(CO)CO. The fourth-order valence-corrected chi connectivity index (χ4v) is 1.04. The summed E-state index contributed by atoms with van der Waals surface area (Å²) >= 11 is 0. The molecule has 0 aliphatic rings. The van der Waals surface area contributed by atoms with Crippen molar-refractivity contribution in [2.75, 3.05) is 13.2 Å². The molecule has 1 amide bonds.